The van der Waals surface area contributed by atoms with Crippen molar-refractivity contribution in [2.45, 2.75) is 31.9 Å². The fourth-order valence-electron chi connectivity index (χ4n) is 1.92. The number of aromatic nitrogens is 3. The molecule has 2 heterocycles. The number of nitrogens with one attached hydrogen (secondary N) is 1. The number of anilines is 1. The molecule has 5 nitrogen and oxygen atoms in total. The molecule has 0 saturated carbocycles. The minimum atomic E-state index is -0.172. The van der Waals surface area contributed by atoms with E-state index in [1.807, 2.05) is 11.5 Å². The quantitative estimate of drug-likeness (QED) is 0.685. The number of nitrogens with zero attached hydrogens (tertiary/aromatic N) is 2. The normalized spacial score (nSPS) is 32.3. The monoisotopic (exact) mass is 214 g/mol. The molecule has 2 atom stereocenters. The molecule has 1 aromatic rings. The van der Waals surface area contributed by atoms with Crippen LogP contribution >= 0.6 is 12.2 Å². The number of hydrogen-bond acceptors (Lipinski definition) is 4. The van der Waals surface area contributed by atoms with Crippen molar-refractivity contribution in [2.75, 3.05) is 12.3 Å². The van der Waals surface area contributed by atoms with Crippen molar-refractivity contribution < 1.29 is 4.74 Å². The van der Waals surface area contributed by atoms with Crippen molar-refractivity contribution in [1.82, 2.24) is 14.8 Å². The third-order valence-electron chi connectivity index (χ3n) is 3.06. The van der Waals surface area contributed by atoms with Crippen LogP contribution in [-0.2, 0) is 10.3 Å². The summed E-state index contributed by atoms with van der Waals surface area (Å²) in [5.41, 5.74) is 5.59. The lowest BCUT2D eigenvalue weighted by atomic mass is 9.94. The first-order valence-corrected chi connectivity index (χ1v) is 5.01. The Labute approximate surface area is 87.3 Å². The van der Waals surface area contributed by atoms with Crippen LogP contribution in [0, 0.1) is 4.77 Å². The minimum Gasteiger partial charge on any atom is -0.376 e. The van der Waals surface area contributed by atoms with E-state index in [0.29, 0.717) is 10.7 Å². The van der Waals surface area contributed by atoms with Gasteiger partial charge in [-0.3, -0.25) is 4.57 Å². The molecular weight excluding hydrogens is 200 g/mol. The molecule has 14 heavy (non-hydrogen) atoms. The fraction of sp³-hybridized carbons (Fsp3) is 0.750. The Morgan fingerprint density at radius 3 is 2.93 bits per heavy atom. The maximum Gasteiger partial charge on any atom is 0.221 e. The molecule has 1 aliphatic heterocycles. The predicted octanol–water partition coefficient (Wildman–Crippen LogP) is 1.05. The van der Waals surface area contributed by atoms with Gasteiger partial charge in [-0.1, -0.05) is 0 Å². The van der Waals surface area contributed by atoms with Crippen LogP contribution in [0.1, 0.15) is 20.3 Å². The third-order valence-corrected chi connectivity index (χ3v) is 3.33. The number of nitrogen functional groups attached to an aromatic ring is 1. The summed E-state index contributed by atoms with van der Waals surface area (Å²) in [6.45, 7) is 4.86. The van der Waals surface area contributed by atoms with Gasteiger partial charge in [0.1, 0.15) is 0 Å². The van der Waals surface area contributed by atoms with E-state index in [2.05, 4.69) is 17.1 Å². The summed E-state index contributed by atoms with van der Waals surface area (Å²) in [6, 6.07) is 0. The number of hydrogen-bond donors (Lipinski definition) is 2. The topological polar surface area (TPSA) is 68.9 Å². The summed E-state index contributed by atoms with van der Waals surface area (Å²) in [6.07, 6.45) is 1.01. The lowest BCUT2D eigenvalue weighted by molar-refractivity contribution is 0.0761. The molecule has 1 fully saturated rings. The molecule has 1 aromatic heterocycles. The molecule has 3 N–H and O–H groups in total. The number of aromatic amines is 1. The van der Waals surface area contributed by atoms with Gasteiger partial charge in [0.05, 0.1) is 11.6 Å². The van der Waals surface area contributed by atoms with Crippen molar-refractivity contribution in [2.24, 2.45) is 0 Å². The van der Waals surface area contributed by atoms with Gasteiger partial charge in [0.25, 0.3) is 0 Å². The highest BCUT2D eigenvalue weighted by molar-refractivity contribution is 7.71. The molecule has 6 heteroatoms. The second-order valence-corrected chi connectivity index (χ2v) is 4.23. The summed E-state index contributed by atoms with van der Waals surface area (Å²) in [5, 5.41) is 6.60. The fourth-order valence-corrected chi connectivity index (χ4v) is 2.27. The van der Waals surface area contributed by atoms with Crippen LogP contribution in [0.5, 0.6) is 0 Å². The van der Waals surface area contributed by atoms with Gasteiger partial charge in [-0.15, -0.1) is 5.10 Å². The van der Waals surface area contributed by atoms with Crippen LogP contribution in [0.4, 0.5) is 5.95 Å². The SMILES string of the molecule is CC1OCCC1(C)n1c(N)n[nH]c1=S. The summed E-state index contributed by atoms with van der Waals surface area (Å²) in [7, 11) is 0. The van der Waals surface area contributed by atoms with E-state index >= 15 is 0 Å². The molecular formula is C8H14N4OS. The number of rotatable bonds is 1. The van der Waals surface area contributed by atoms with Crippen LogP contribution in [-0.4, -0.2) is 27.5 Å². The zero-order valence-corrected chi connectivity index (χ0v) is 9.10. The van der Waals surface area contributed by atoms with E-state index < -0.39 is 0 Å². The first-order chi connectivity index (χ1) is 6.55. The Morgan fingerprint density at radius 2 is 2.50 bits per heavy atom. The van der Waals surface area contributed by atoms with Gasteiger partial charge in [0.2, 0.25) is 5.95 Å². The Bertz CT molecular complexity index is 398. The molecule has 0 aliphatic carbocycles. The van der Waals surface area contributed by atoms with Crippen molar-refractivity contribution in [1.29, 1.82) is 0 Å². The molecule has 1 aliphatic rings. The van der Waals surface area contributed by atoms with Gasteiger partial charge in [-0.05, 0) is 32.5 Å². The van der Waals surface area contributed by atoms with Gasteiger partial charge in [-0.2, -0.15) is 0 Å². The molecule has 2 rings (SSSR count). The molecule has 0 aromatic carbocycles. The van der Waals surface area contributed by atoms with Crippen LogP contribution in [0.25, 0.3) is 0 Å². The molecule has 1 saturated heterocycles. The second kappa shape index (κ2) is 3.06. The van der Waals surface area contributed by atoms with E-state index in [0.717, 1.165) is 13.0 Å². The highest BCUT2D eigenvalue weighted by Gasteiger charge is 2.40. The van der Waals surface area contributed by atoms with Crippen LogP contribution in [0.3, 0.4) is 0 Å². The van der Waals surface area contributed by atoms with Gasteiger partial charge in [0.15, 0.2) is 4.77 Å². The van der Waals surface area contributed by atoms with Gasteiger partial charge < -0.3 is 10.5 Å². The molecule has 0 spiro atoms. The third kappa shape index (κ3) is 1.18. The van der Waals surface area contributed by atoms with Crippen LogP contribution in [0.15, 0.2) is 0 Å². The zero-order valence-electron chi connectivity index (χ0n) is 8.28. The first kappa shape index (κ1) is 9.67. The molecule has 0 bridgehead atoms. The minimum absolute atomic E-state index is 0.106. The summed E-state index contributed by atoms with van der Waals surface area (Å²) < 4.78 is 7.94. The average molecular weight is 214 g/mol. The van der Waals surface area contributed by atoms with Crippen LogP contribution < -0.4 is 5.73 Å². The Balaban J connectivity index is 2.53. The highest BCUT2D eigenvalue weighted by atomic mass is 32.1. The summed E-state index contributed by atoms with van der Waals surface area (Å²) >= 11 is 5.14. The maximum atomic E-state index is 5.77. The Hall–Kier alpha value is -0.880. The average Bonchev–Trinajstić information content (AvgIpc) is 2.60. The van der Waals surface area contributed by atoms with E-state index in [1.165, 1.54) is 0 Å². The molecule has 78 valence electrons. The molecule has 0 radical (unpaired) electrons. The van der Waals surface area contributed by atoms with Gasteiger partial charge >= 0.3 is 0 Å². The summed E-state index contributed by atoms with van der Waals surface area (Å²) in [5.74, 6) is 0.426. The van der Waals surface area contributed by atoms with E-state index in [-0.39, 0.29) is 11.6 Å². The predicted molar refractivity (Wildman–Crippen MR) is 55.5 cm³/mol. The molecule has 0 amide bonds. The van der Waals surface area contributed by atoms with Gasteiger partial charge in [-0.25, -0.2) is 5.10 Å². The number of nitrogens with two attached hydrogens (primary N) is 1. The molecule has 2 unspecified atom stereocenters. The van der Waals surface area contributed by atoms with Crippen molar-refractivity contribution in [3.63, 3.8) is 0 Å². The largest absolute Gasteiger partial charge is 0.376 e. The standard InChI is InChI=1S/C8H14N4OS/c1-5-8(2,3-4-13-5)12-6(9)10-11-7(12)14/h5H,3-4H2,1-2H3,(H2,9,10)(H,11,14). The Morgan fingerprint density at radius 1 is 1.79 bits per heavy atom. The van der Waals surface area contributed by atoms with Crippen LogP contribution in [0.2, 0.25) is 0 Å². The highest BCUT2D eigenvalue weighted by Crippen LogP contribution is 2.34. The van der Waals surface area contributed by atoms with Crippen molar-refractivity contribution in [3.8, 4) is 0 Å². The maximum absolute atomic E-state index is 5.77. The van der Waals surface area contributed by atoms with Crippen molar-refractivity contribution in [3.05, 3.63) is 4.77 Å². The number of ether oxygens (including phenoxy) is 1. The summed E-state index contributed by atoms with van der Waals surface area (Å²) in [4.78, 5) is 0. The Kier molecular flexibility index (Phi) is 2.11. The van der Waals surface area contributed by atoms with E-state index in [1.54, 1.807) is 0 Å². The van der Waals surface area contributed by atoms with Crippen molar-refractivity contribution >= 4 is 18.2 Å². The number of H-pyrrole nitrogens is 1. The lowest BCUT2D eigenvalue weighted by Crippen LogP contribution is -2.37. The van der Waals surface area contributed by atoms with E-state index in [9.17, 15) is 0 Å². The first-order valence-electron chi connectivity index (χ1n) is 4.60. The van der Waals surface area contributed by atoms with E-state index in [4.69, 9.17) is 22.7 Å². The second-order valence-electron chi connectivity index (χ2n) is 3.84. The smallest absolute Gasteiger partial charge is 0.221 e. The lowest BCUT2D eigenvalue weighted by Gasteiger charge is -2.29. The van der Waals surface area contributed by atoms with Gasteiger partial charge in [0, 0.05) is 6.61 Å². The zero-order chi connectivity index (χ0) is 10.3.